The van der Waals surface area contributed by atoms with Gasteiger partial charge in [0.05, 0.1) is 13.2 Å². The van der Waals surface area contributed by atoms with Crippen molar-refractivity contribution in [1.82, 2.24) is 0 Å². The van der Waals surface area contributed by atoms with Crippen LogP contribution in [-0.2, 0) is 0 Å². The SMILES string of the molecule is CCCCOc1ccc(Nc2ccc(Nc3ccc(OCCCC)cc3)cc2)cc1. The smallest absolute Gasteiger partial charge is 0.119 e. The predicted molar refractivity (Wildman–Crippen MR) is 127 cm³/mol. The molecule has 0 aliphatic heterocycles. The topological polar surface area (TPSA) is 42.5 Å². The van der Waals surface area contributed by atoms with Gasteiger partial charge in [-0.15, -0.1) is 0 Å². The number of hydrogen-bond donors (Lipinski definition) is 2. The Balaban J connectivity index is 1.50. The quantitative estimate of drug-likeness (QED) is 0.306. The molecule has 0 fully saturated rings. The first-order valence-corrected chi connectivity index (χ1v) is 10.9. The van der Waals surface area contributed by atoms with Gasteiger partial charge in [0, 0.05) is 22.7 Å². The van der Waals surface area contributed by atoms with Crippen LogP contribution in [-0.4, -0.2) is 13.2 Å². The lowest BCUT2D eigenvalue weighted by Crippen LogP contribution is -1.97. The summed E-state index contributed by atoms with van der Waals surface area (Å²) in [5.74, 6) is 1.82. The maximum Gasteiger partial charge on any atom is 0.119 e. The third-order valence-electron chi connectivity index (χ3n) is 4.70. The largest absolute Gasteiger partial charge is 0.494 e. The minimum atomic E-state index is 0.770. The molecular weight excluding hydrogens is 372 g/mol. The van der Waals surface area contributed by atoms with Gasteiger partial charge in [-0.2, -0.15) is 0 Å². The summed E-state index contributed by atoms with van der Waals surface area (Å²) in [7, 11) is 0. The fraction of sp³-hybridized carbons (Fsp3) is 0.308. The van der Waals surface area contributed by atoms with Gasteiger partial charge >= 0.3 is 0 Å². The fourth-order valence-electron chi connectivity index (χ4n) is 2.91. The van der Waals surface area contributed by atoms with Crippen molar-refractivity contribution in [3.8, 4) is 11.5 Å². The lowest BCUT2D eigenvalue weighted by molar-refractivity contribution is 0.309. The van der Waals surface area contributed by atoms with Crippen molar-refractivity contribution in [3.05, 3.63) is 72.8 Å². The van der Waals surface area contributed by atoms with E-state index >= 15 is 0 Å². The van der Waals surface area contributed by atoms with Crippen LogP contribution in [0.15, 0.2) is 72.8 Å². The Hall–Kier alpha value is -3.14. The molecule has 158 valence electrons. The van der Waals surface area contributed by atoms with Gasteiger partial charge < -0.3 is 20.1 Å². The molecule has 0 aliphatic carbocycles. The van der Waals surface area contributed by atoms with Crippen molar-refractivity contribution in [2.45, 2.75) is 39.5 Å². The van der Waals surface area contributed by atoms with Gasteiger partial charge in [-0.3, -0.25) is 0 Å². The zero-order valence-corrected chi connectivity index (χ0v) is 18.0. The highest BCUT2D eigenvalue weighted by Gasteiger charge is 2.00. The molecule has 3 aromatic carbocycles. The molecule has 30 heavy (non-hydrogen) atoms. The summed E-state index contributed by atoms with van der Waals surface area (Å²) < 4.78 is 11.4. The Bertz CT molecular complexity index is 785. The van der Waals surface area contributed by atoms with Crippen molar-refractivity contribution in [2.24, 2.45) is 0 Å². The molecule has 2 N–H and O–H groups in total. The molecular formula is C26H32N2O2. The van der Waals surface area contributed by atoms with Crippen LogP contribution in [0.3, 0.4) is 0 Å². The number of anilines is 4. The van der Waals surface area contributed by atoms with Crippen LogP contribution in [0.1, 0.15) is 39.5 Å². The second kappa shape index (κ2) is 11.8. The van der Waals surface area contributed by atoms with E-state index in [9.17, 15) is 0 Å². The molecule has 4 nitrogen and oxygen atoms in total. The molecule has 0 aromatic heterocycles. The van der Waals surface area contributed by atoms with Gasteiger partial charge in [0.1, 0.15) is 11.5 Å². The van der Waals surface area contributed by atoms with E-state index in [2.05, 4.69) is 48.7 Å². The van der Waals surface area contributed by atoms with Gasteiger partial charge in [-0.05, 0) is 85.6 Å². The molecule has 3 aromatic rings. The first kappa shape index (κ1) is 21.6. The number of benzene rings is 3. The second-order valence-corrected chi connectivity index (χ2v) is 7.28. The van der Waals surface area contributed by atoms with Gasteiger partial charge in [0.25, 0.3) is 0 Å². The van der Waals surface area contributed by atoms with Gasteiger partial charge in [-0.25, -0.2) is 0 Å². The maximum atomic E-state index is 5.71. The van der Waals surface area contributed by atoms with Crippen LogP contribution < -0.4 is 20.1 Å². The molecule has 0 bridgehead atoms. The van der Waals surface area contributed by atoms with Gasteiger partial charge in [-0.1, -0.05) is 26.7 Å². The highest BCUT2D eigenvalue weighted by atomic mass is 16.5. The standard InChI is InChI=1S/C26H32N2O2/c1-3-5-19-29-25-15-11-23(12-16-25)27-21-7-9-22(10-8-21)28-24-13-17-26(18-14-24)30-20-6-4-2/h7-18,27-28H,3-6,19-20H2,1-2H3. The van der Waals surface area contributed by atoms with Crippen LogP contribution in [0.25, 0.3) is 0 Å². The zero-order valence-electron chi connectivity index (χ0n) is 18.0. The summed E-state index contributed by atoms with van der Waals surface area (Å²) in [5.41, 5.74) is 4.16. The Morgan fingerprint density at radius 3 is 1.10 bits per heavy atom. The van der Waals surface area contributed by atoms with E-state index in [0.29, 0.717) is 0 Å². The molecule has 4 heteroatoms. The number of rotatable bonds is 12. The summed E-state index contributed by atoms with van der Waals surface area (Å²) in [4.78, 5) is 0. The van der Waals surface area contributed by atoms with E-state index in [0.717, 1.165) is 73.1 Å². The molecule has 0 saturated carbocycles. The average molecular weight is 405 g/mol. The summed E-state index contributed by atoms with van der Waals surface area (Å²) in [6.07, 6.45) is 4.45. The maximum absolute atomic E-state index is 5.71. The number of ether oxygens (including phenoxy) is 2. The zero-order chi connectivity index (χ0) is 21.0. The Morgan fingerprint density at radius 2 is 0.800 bits per heavy atom. The summed E-state index contributed by atoms with van der Waals surface area (Å²) in [6.45, 7) is 5.87. The van der Waals surface area contributed by atoms with Crippen molar-refractivity contribution in [3.63, 3.8) is 0 Å². The van der Waals surface area contributed by atoms with Crippen molar-refractivity contribution in [1.29, 1.82) is 0 Å². The second-order valence-electron chi connectivity index (χ2n) is 7.28. The van der Waals surface area contributed by atoms with E-state index in [1.165, 1.54) is 0 Å². The van der Waals surface area contributed by atoms with Crippen LogP contribution in [0, 0.1) is 0 Å². The lowest BCUT2D eigenvalue weighted by Gasteiger charge is -2.11. The predicted octanol–water partition coefficient (Wildman–Crippen LogP) is 7.53. The first-order chi connectivity index (χ1) is 14.8. The molecule has 0 atom stereocenters. The summed E-state index contributed by atoms with van der Waals surface area (Å²) >= 11 is 0. The Morgan fingerprint density at radius 1 is 0.500 bits per heavy atom. The van der Waals surface area contributed by atoms with Crippen molar-refractivity contribution < 1.29 is 9.47 Å². The van der Waals surface area contributed by atoms with Crippen LogP contribution in [0.4, 0.5) is 22.7 Å². The molecule has 0 aliphatic rings. The van der Waals surface area contributed by atoms with E-state index in [1.807, 2.05) is 48.5 Å². The summed E-state index contributed by atoms with van der Waals surface area (Å²) in [5, 5.41) is 6.84. The number of nitrogens with one attached hydrogen (secondary N) is 2. The third-order valence-corrected chi connectivity index (χ3v) is 4.70. The highest BCUT2D eigenvalue weighted by Crippen LogP contribution is 2.24. The molecule has 0 spiro atoms. The monoisotopic (exact) mass is 404 g/mol. The third kappa shape index (κ3) is 7.03. The average Bonchev–Trinajstić information content (AvgIpc) is 2.78. The molecule has 0 radical (unpaired) electrons. The molecule has 0 heterocycles. The fourth-order valence-corrected chi connectivity index (χ4v) is 2.91. The van der Waals surface area contributed by atoms with E-state index in [4.69, 9.17) is 9.47 Å². The Kier molecular flexibility index (Phi) is 8.46. The first-order valence-electron chi connectivity index (χ1n) is 10.9. The van der Waals surface area contributed by atoms with Crippen molar-refractivity contribution >= 4 is 22.7 Å². The Labute approximate surface area is 180 Å². The summed E-state index contributed by atoms with van der Waals surface area (Å²) in [6, 6.07) is 24.4. The minimum absolute atomic E-state index is 0.770. The van der Waals surface area contributed by atoms with Crippen molar-refractivity contribution in [2.75, 3.05) is 23.8 Å². The van der Waals surface area contributed by atoms with Gasteiger partial charge in [0.2, 0.25) is 0 Å². The normalized spacial score (nSPS) is 10.5. The molecule has 0 amide bonds. The molecule has 0 saturated heterocycles. The van der Waals surface area contributed by atoms with E-state index in [1.54, 1.807) is 0 Å². The van der Waals surface area contributed by atoms with E-state index in [-0.39, 0.29) is 0 Å². The minimum Gasteiger partial charge on any atom is -0.494 e. The number of hydrogen-bond acceptors (Lipinski definition) is 4. The van der Waals surface area contributed by atoms with Gasteiger partial charge in [0.15, 0.2) is 0 Å². The molecule has 3 rings (SSSR count). The van der Waals surface area contributed by atoms with Crippen LogP contribution in [0.5, 0.6) is 11.5 Å². The highest BCUT2D eigenvalue weighted by molar-refractivity contribution is 5.66. The van der Waals surface area contributed by atoms with Crippen LogP contribution in [0.2, 0.25) is 0 Å². The lowest BCUT2D eigenvalue weighted by atomic mass is 10.2. The van der Waals surface area contributed by atoms with E-state index < -0.39 is 0 Å². The molecule has 0 unspecified atom stereocenters. The van der Waals surface area contributed by atoms with Crippen LogP contribution >= 0.6 is 0 Å². The number of unbranched alkanes of at least 4 members (excludes halogenated alkanes) is 2.